The van der Waals surface area contributed by atoms with Crippen LogP contribution in [0.25, 0.3) is 11.1 Å². The standard InChI is InChI=1S/C20H27O.C5H5.2ClH.Zr/c1-19(2,3)15-12-16(14-10-8-9-11-14)18(21-7)17(13-15)20(4,5)6;1-2-4-5-3-1;;;/h8-13H,1-7H3;1-5H;2*1H;/q2*-1;;;+4/p-2. The molecule has 0 bridgehead atoms. The molecule has 3 rings (SSSR count). The molecule has 3 aromatic carbocycles. The zero-order chi connectivity index (χ0) is 19.4. The summed E-state index contributed by atoms with van der Waals surface area (Å²) >= 11 is 0. The van der Waals surface area contributed by atoms with Crippen molar-refractivity contribution in [2.45, 2.75) is 52.4 Å². The molecule has 0 spiro atoms. The summed E-state index contributed by atoms with van der Waals surface area (Å²) in [6, 6.07) is 23.0. The first kappa shape index (κ1) is 30.4. The first-order chi connectivity index (χ1) is 12.1. The number of halogens is 2. The largest absolute Gasteiger partial charge is 4.00 e. The van der Waals surface area contributed by atoms with Gasteiger partial charge in [0.1, 0.15) is 0 Å². The zero-order valence-corrected chi connectivity index (χ0v) is 22.5. The van der Waals surface area contributed by atoms with Crippen molar-refractivity contribution in [3.63, 3.8) is 0 Å². The Morgan fingerprint density at radius 2 is 1.31 bits per heavy atom. The van der Waals surface area contributed by atoms with E-state index in [1.165, 1.54) is 22.3 Å². The minimum absolute atomic E-state index is 0. The SMILES string of the molecule is COc1c(-[c-]2cccc2)cc(C(C)(C)C)cc1C(C)(C)C.[Cl-].[Cl-].[Zr+4].c1cc[cH-]c1. The average Bonchev–Trinajstić information content (AvgIpc) is 3.27. The maximum Gasteiger partial charge on any atom is 4.00 e. The van der Waals surface area contributed by atoms with Crippen LogP contribution in [-0.4, -0.2) is 7.11 Å². The van der Waals surface area contributed by atoms with E-state index >= 15 is 0 Å². The number of ether oxygens (including phenoxy) is 1. The van der Waals surface area contributed by atoms with E-state index in [2.05, 4.69) is 77.9 Å². The van der Waals surface area contributed by atoms with Gasteiger partial charge in [-0.25, -0.2) is 12.1 Å². The minimum Gasteiger partial charge on any atom is -1.00 e. The average molecular weight is 511 g/mol. The number of hydrogen-bond donors (Lipinski definition) is 0. The van der Waals surface area contributed by atoms with E-state index in [0.29, 0.717) is 0 Å². The fourth-order valence-corrected chi connectivity index (χ4v) is 2.93. The fraction of sp³-hybridized carbons (Fsp3) is 0.360. The molecule has 3 aromatic rings. The third kappa shape index (κ3) is 8.44. The van der Waals surface area contributed by atoms with Crippen LogP contribution in [0.15, 0.2) is 66.7 Å². The van der Waals surface area contributed by atoms with Crippen molar-refractivity contribution < 1.29 is 55.8 Å². The van der Waals surface area contributed by atoms with Gasteiger partial charge in [-0.15, -0.1) is 18.2 Å². The van der Waals surface area contributed by atoms with Crippen LogP contribution in [0, 0.1) is 0 Å². The number of rotatable bonds is 2. The smallest absolute Gasteiger partial charge is 1.00 e. The van der Waals surface area contributed by atoms with Gasteiger partial charge in [0.05, 0.1) is 12.9 Å². The molecule has 0 atom stereocenters. The molecule has 0 radical (unpaired) electrons. The van der Waals surface area contributed by atoms with Crippen LogP contribution in [0.5, 0.6) is 5.75 Å². The Morgan fingerprint density at radius 3 is 1.66 bits per heavy atom. The van der Waals surface area contributed by atoms with Gasteiger partial charge in [0.2, 0.25) is 0 Å². The van der Waals surface area contributed by atoms with E-state index in [-0.39, 0.29) is 61.8 Å². The molecule has 0 saturated heterocycles. The van der Waals surface area contributed by atoms with Gasteiger partial charge in [0.15, 0.2) is 0 Å². The van der Waals surface area contributed by atoms with Crippen LogP contribution in [-0.2, 0) is 37.0 Å². The van der Waals surface area contributed by atoms with Gasteiger partial charge in [-0.2, -0.15) is 30.3 Å². The van der Waals surface area contributed by atoms with E-state index in [9.17, 15) is 0 Å². The molecule has 0 heterocycles. The van der Waals surface area contributed by atoms with Crippen LogP contribution in [0.1, 0.15) is 52.7 Å². The third-order valence-electron chi connectivity index (χ3n) is 4.50. The van der Waals surface area contributed by atoms with E-state index < -0.39 is 0 Å². The van der Waals surface area contributed by atoms with Crippen LogP contribution >= 0.6 is 0 Å². The van der Waals surface area contributed by atoms with E-state index in [1.54, 1.807) is 7.11 Å². The Balaban J connectivity index is 0. The van der Waals surface area contributed by atoms with Crippen LogP contribution in [0.4, 0.5) is 0 Å². The van der Waals surface area contributed by atoms with Gasteiger partial charge in [-0.3, -0.25) is 0 Å². The fourth-order valence-electron chi connectivity index (χ4n) is 2.93. The summed E-state index contributed by atoms with van der Waals surface area (Å²) in [6.45, 7) is 13.5. The van der Waals surface area contributed by atoms with Gasteiger partial charge in [-0.1, -0.05) is 64.3 Å². The minimum atomic E-state index is 0. The van der Waals surface area contributed by atoms with Crippen molar-refractivity contribution in [2.24, 2.45) is 0 Å². The van der Waals surface area contributed by atoms with Crippen molar-refractivity contribution in [3.05, 3.63) is 77.9 Å². The Kier molecular flexibility index (Phi) is 13.4. The summed E-state index contributed by atoms with van der Waals surface area (Å²) in [7, 11) is 1.77. The molecule has 0 fully saturated rings. The summed E-state index contributed by atoms with van der Waals surface area (Å²) < 4.78 is 5.79. The molecule has 0 aliphatic heterocycles. The Hall–Kier alpha value is -0.817. The van der Waals surface area contributed by atoms with Gasteiger partial charge in [-0.05, 0) is 16.4 Å². The molecule has 156 valence electrons. The van der Waals surface area contributed by atoms with Crippen molar-refractivity contribution in [1.29, 1.82) is 0 Å². The summed E-state index contributed by atoms with van der Waals surface area (Å²) in [5, 5.41) is 0. The van der Waals surface area contributed by atoms with E-state index in [0.717, 1.165) is 5.75 Å². The molecule has 29 heavy (non-hydrogen) atoms. The molecule has 0 aliphatic rings. The predicted octanol–water partition coefficient (Wildman–Crippen LogP) is 1.09. The second kappa shape index (κ2) is 12.8. The van der Waals surface area contributed by atoms with Crippen LogP contribution in [0.3, 0.4) is 0 Å². The molecular weight excluding hydrogens is 478 g/mol. The van der Waals surface area contributed by atoms with E-state index in [1.807, 2.05) is 30.3 Å². The third-order valence-corrected chi connectivity index (χ3v) is 4.50. The zero-order valence-electron chi connectivity index (χ0n) is 18.5. The maximum absolute atomic E-state index is 5.79. The van der Waals surface area contributed by atoms with Crippen LogP contribution in [0.2, 0.25) is 0 Å². The van der Waals surface area contributed by atoms with Gasteiger partial charge < -0.3 is 29.6 Å². The van der Waals surface area contributed by atoms with Crippen molar-refractivity contribution in [1.82, 2.24) is 0 Å². The second-order valence-corrected chi connectivity index (χ2v) is 8.74. The van der Waals surface area contributed by atoms with Crippen molar-refractivity contribution >= 4 is 0 Å². The van der Waals surface area contributed by atoms with Crippen LogP contribution < -0.4 is 29.6 Å². The summed E-state index contributed by atoms with van der Waals surface area (Å²) in [4.78, 5) is 0. The molecule has 4 heteroatoms. The van der Waals surface area contributed by atoms with Gasteiger partial charge in [0.25, 0.3) is 0 Å². The van der Waals surface area contributed by atoms with Gasteiger partial charge in [0, 0.05) is 0 Å². The summed E-state index contributed by atoms with van der Waals surface area (Å²) in [5.74, 6) is 1.00. The monoisotopic (exact) mass is 508 g/mol. The Morgan fingerprint density at radius 1 is 0.793 bits per heavy atom. The number of methoxy groups -OCH3 is 1. The number of hydrogen-bond acceptors (Lipinski definition) is 1. The molecule has 0 amide bonds. The Bertz CT molecular complexity index is 775. The van der Waals surface area contributed by atoms with Crippen molar-refractivity contribution in [3.8, 4) is 16.9 Å². The quantitative estimate of drug-likeness (QED) is 0.469. The normalized spacial score (nSPS) is 10.4. The molecule has 0 aliphatic carbocycles. The maximum atomic E-state index is 5.79. The van der Waals surface area contributed by atoms with E-state index in [4.69, 9.17) is 4.74 Å². The summed E-state index contributed by atoms with van der Waals surface area (Å²) in [6.07, 6.45) is 0. The predicted molar refractivity (Wildman–Crippen MR) is 113 cm³/mol. The summed E-state index contributed by atoms with van der Waals surface area (Å²) in [5.41, 5.74) is 5.21. The molecular formula is C25H32Cl2OZr. The molecule has 0 unspecified atom stereocenters. The second-order valence-electron chi connectivity index (χ2n) is 8.74. The number of benzene rings is 1. The molecule has 0 saturated carbocycles. The van der Waals surface area contributed by atoms with Crippen molar-refractivity contribution in [2.75, 3.05) is 7.11 Å². The topological polar surface area (TPSA) is 9.23 Å². The molecule has 1 nitrogen and oxygen atoms in total. The molecule has 0 aromatic heterocycles. The molecule has 0 N–H and O–H groups in total. The van der Waals surface area contributed by atoms with Gasteiger partial charge >= 0.3 is 26.2 Å². The first-order valence-corrected chi connectivity index (χ1v) is 9.26. The first-order valence-electron chi connectivity index (χ1n) is 9.26. The Labute approximate surface area is 208 Å².